The van der Waals surface area contributed by atoms with E-state index in [1.54, 1.807) is 14.0 Å². The lowest BCUT2D eigenvalue weighted by molar-refractivity contribution is -0.128. The Hall–Kier alpha value is -0.390. The first-order valence-electron chi connectivity index (χ1n) is 3.01. The van der Waals surface area contributed by atoms with Crippen molar-refractivity contribution in [2.24, 2.45) is 0 Å². The number of terminal acetylenes is 1. The number of hydrogen-bond acceptors (Lipinski definition) is 1. The predicted octanol–water partition coefficient (Wildman–Crippen LogP) is 1.27. The Bertz CT molecular complexity index is 185. The molecule has 1 amide bonds. The fraction of sp³-hybridized carbons (Fsp3) is 0.571. The second-order valence-corrected chi connectivity index (χ2v) is 3.19. The molecule has 2 nitrogen and oxygen atoms in total. The van der Waals surface area contributed by atoms with Gasteiger partial charge in [0, 0.05) is 7.05 Å². The van der Waals surface area contributed by atoms with Crippen LogP contribution in [0.25, 0.3) is 0 Å². The van der Waals surface area contributed by atoms with Crippen LogP contribution in [-0.2, 0) is 4.79 Å². The zero-order valence-electron chi connectivity index (χ0n) is 6.34. The van der Waals surface area contributed by atoms with E-state index in [1.807, 2.05) is 0 Å². The van der Waals surface area contributed by atoms with E-state index in [1.165, 1.54) is 4.90 Å². The monoisotopic (exact) mass is 193 g/mol. The zero-order chi connectivity index (χ0) is 9.02. The molecule has 62 valence electrons. The van der Waals surface area contributed by atoms with Gasteiger partial charge in [0.05, 0.1) is 6.04 Å². The molecule has 0 aliphatic heterocycles. The van der Waals surface area contributed by atoms with Gasteiger partial charge in [-0.15, -0.1) is 6.42 Å². The predicted molar refractivity (Wildman–Crippen MR) is 46.6 cm³/mol. The molecule has 0 fully saturated rings. The molecule has 0 aliphatic rings. The smallest absolute Gasteiger partial charge is 0.256 e. The molecule has 0 bridgehead atoms. The molecule has 1 unspecified atom stereocenters. The molecule has 0 aromatic heterocycles. The number of alkyl halides is 2. The first-order chi connectivity index (χ1) is 5.00. The van der Waals surface area contributed by atoms with Crippen LogP contribution in [0.15, 0.2) is 0 Å². The van der Waals surface area contributed by atoms with Crippen LogP contribution >= 0.6 is 23.2 Å². The highest BCUT2D eigenvalue weighted by molar-refractivity contribution is 6.53. The maximum Gasteiger partial charge on any atom is 0.256 e. The minimum Gasteiger partial charge on any atom is -0.330 e. The Morgan fingerprint density at radius 1 is 1.64 bits per heavy atom. The summed E-state index contributed by atoms with van der Waals surface area (Å²) in [5.74, 6) is 2.01. The van der Waals surface area contributed by atoms with Gasteiger partial charge in [-0.2, -0.15) is 0 Å². The number of amides is 1. The number of nitrogens with zero attached hydrogens (tertiary/aromatic N) is 1. The molecule has 0 saturated carbocycles. The third-order valence-electron chi connectivity index (χ3n) is 1.36. The normalized spacial score (nSPS) is 12.4. The van der Waals surface area contributed by atoms with E-state index in [0.29, 0.717) is 0 Å². The summed E-state index contributed by atoms with van der Waals surface area (Å²) in [6.45, 7) is 1.72. The van der Waals surface area contributed by atoms with Crippen LogP contribution in [0, 0.1) is 12.3 Å². The van der Waals surface area contributed by atoms with Crippen LogP contribution in [-0.4, -0.2) is 28.7 Å². The number of carbonyl (C=O) groups is 1. The number of halogens is 2. The van der Waals surface area contributed by atoms with Crippen molar-refractivity contribution in [3.63, 3.8) is 0 Å². The minimum absolute atomic E-state index is 0.275. The highest BCUT2D eigenvalue weighted by Crippen LogP contribution is 2.07. The van der Waals surface area contributed by atoms with Crippen molar-refractivity contribution >= 4 is 29.1 Å². The molecular formula is C7H9Cl2NO. The number of rotatable bonds is 2. The zero-order valence-corrected chi connectivity index (χ0v) is 7.86. The second-order valence-electron chi connectivity index (χ2n) is 2.09. The molecule has 1 atom stereocenters. The SMILES string of the molecule is C#CC(C)N(C)C(=O)C(Cl)Cl. The standard InChI is InChI=1S/C7H9Cl2NO/c1-4-5(2)10(3)7(11)6(8)9/h1,5-6H,2-3H3. The van der Waals surface area contributed by atoms with Crippen molar-refractivity contribution < 1.29 is 4.79 Å². The molecule has 0 spiro atoms. The fourth-order valence-corrected chi connectivity index (χ4v) is 0.764. The van der Waals surface area contributed by atoms with Crippen molar-refractivity contribution in [1.29, 1.82) is 0 Å². The second kappa shape index (κ2) is 4.48. The number of carbonyl (C=O) groups excluding carboxylic acids is 1. The van der Waals surface area contributed by atoms with Crippen LogP contribution < -0.4 is 0 Å². The summed E-state index contributed by atoms with van der Waals surface area (Å²) < 4.78 is 0. The fourth-order valence-electron chi connectivity index (χ4n) is 0.457. The van der Waals surface area contributed by atoms with Gasteiger partial charge in [-0.3, -0.25) is 4.79 Å². The van der Waals surface area contributed by atoms with E-state index in [0.717, 1.165) is 0 Å². The number of hydrogen-bond donors (Lipinski definition) is 0. The van der Waals surface area contributed by atoms with E-state index in [-0.39, 0.29) is 11.9 Å². The molecule has 0 heterocycles. The van der Waals surface area contributed by atoms with Gasteiger partial charge < -0.3 is 4.90 Å². The highest BCUT2D eigenvalue weighted by atomic mass is 35.5. The molecule has 0 aromatic carbocycles. The first-order valence-corrected chi connectivity index (χ1v) is 3.89. The van der Waals surface area contributed by atoms with Gasteiger partial charge >= 0.3 is 0 Å². The molecule has 0 aliphatic carbocycles. The van der Waals surface area contributed by atoms with E-state index in [2.05, 4.69) is 5.92 Å². The summed E-state index contributed by atoms with van der Waals surface area (Å²) >= 11 is 10.7. The van der Waals surface area contributed by atoms with Crippen molar-refractivity contribution in [1.82, 2.24) is 4.90 Å². The maximum absolute atomic E-state index is 11.0. The molecule has 0 aromatic rings. The Morgan fingerprint density at radius 3 is 2.36 bits per heavy atom. The summed E-state index contributed by atoms with van der Waals surface area (Å²) in [6.07, 6.45) is 5.08. The van der Waals surface area contributed by atoms with Gasteiger partial charge in [-0.25, -0.2) is 0 Å². The van der Waals surface area contributed by atoms with Gasteiger partial charge in [0.15, 0.2) is 4.84 Å². The van der Waals surface area contributed by atoms with Crippen LogP contribution in [0.1, 0.15) is 6.92 Å². The summed E-state index contributed by atoms with van der Waals surface area (Å²) in [6, 6.07) is -0.275. The van der Waals surface area contributed by atoms with Gasteiger partial charge in [0.2, 0.25) is 0 Å². The van der Waals surface area contributed by atoms with Gasteiger partial charge in [0.1, 0.15) is 0 Å². The van der Waals surface area contributed by atoms with Crippen LogP contribution in [0.4, 0.5) is 0 Å². The molecule has 4 heteroatoms. The summed E-state index contributed by atoms with van der Waals surface area (Å²) in [5.41, 5.74) is 0. The van der Waals surface area contributed by atoms with Crippen molar-refractivity contribution in [2.75, 3.05) is 7.05 Å². The van der Waals surface area contributed by atoms with Crippen molar-refractivity contribution in [3.05, 3.63) is 0 Å². The lowest BCUT2D eigenvalue weighted by Crippen LogP contribution is -2.37. The Morgan fingerprint density at radius 2 is 2.09 bits per heavy atom. The highest BCUT2D eigenvalue weighted by Gasteiger charge is 2.19. The molecule has 0 saturated heterocycles. The average molecular weight is 194 g/mol. The lowest BCUT2D eigenvalue weighted by Gasteiger charge is -2.20. The van der Waals surface area contributed by atoms with E-state index in [9.17, 15) is 4.79 Å². The molecule has 11 heavy (non-hydrogen) atoms. The Kier molecular flexibility index (Phi) is 4.32. The van der Waals surface area contributed by atoms with Gasteiger partial charge in [-0.1, -0.05) is 29.1 Å². The Balaban J connectivity index is 4.16. The molecule has 0 N–H and O–H groups in total. The van der Waals surface area contributed by atoms with E-state index in [4.69, 9.17) is 29.6 Å². The third-order valence-corrected chi connectivity index (χ3v) is 1.73. The van der Waals surface area contributed by atoms with Crippen LogP contribution in [0.5, 0.6) is 0 Å². The van der Waals surface area contributed by atoms with E-state index >= 15 is 0 Å². The summed E-state index contributed by atoms with van der Waals surface area (Å²) in [4.78, 5) is 11.3. The molecular weight excluding hydrogens is 185 g/mol. The maximum atomic E-state index is 11.0. The van der Waals surface area contributed by atoms with E-state index < -0.39 is 4.84 Å². The third kappa shape index (κ3) is 3.00. The molecule has 0 radical (unpaired) electrons. The average Bonchev–Trinajstić information content (AvgIpc) is 2.00. The van der Waals surface area contributed by atoms with Crippen molar-refractivity contribution in [3.8, 4) is 12.3 Å². The lowest BCUT2D eigenvalue weighted by atomic mass is 10.3. The summed E-state index contributed by atoms with van der Waals surface area (Å²) in [7, 11) is 1.56. The molecule has 0 rings (SSSR count). The van der Waals surface area contributed by atoms with Crippen molar-refractivity contribution in [2.45, 2.75) is 17.8 Å². The summed E-state index contributed by atoms with van der Waals surface area (Å²) in [5, 5.41) is 0. The Labute approximate surface area is 76.5 Å². The van der Waals surface area contributed by atoms with Crippen LogP contribution in [0.2, 0.25) is 0 Å². The van der Waals surface area contributed by atoms with Crippen LogP contribution in [0.3, 0.4) is 0 Å². The largest absolute Gasteiger partial charge is 0.330 e. The van der Waals surface area contributed by atoms with Gasteiger partial charge in [-0.05, 0) is 6.92 Å². The minimum atomic E-state index is -1.03. The first kappa shape index (κ1) is 10.6. The van der Waals surface area contributed by atoms with Gasteiger partial charge in [0.25, 0.3) is 5.91 Å². The quantitative estimate of drug-likeness (QED) is 0.478. The topological polar surface area (TPSA) is 20.3 Å².